The van der Waals surface area contributed by atoms with Gasteiger partial charge in [0.1, 0.15) is 10.7 Å². The van der Waals surface area contributed by atoms with E-state index in [1.807, 2.05) is 0 Å². The molecule has 0 N–H and O–H groups in total. The fraction of sp³-hybridized carbons (Fsp3) is 0.462. The minimum atomic E-state index is -4.46. The molecule has 1 aliphatic carbocycles. The van der Waals surface area contributed by atoms with Crippen LogP contribution in [0.5, 0.6) is 0 Å². The lowest BCUT2D eigenvalue weighted by Gasteiger charge is -2.27. The molecular weight excluding hydrogens is 324 g/mol. The lowest BCUT2D eigenvalue weighted by Crippen LogP contribution is -2.38. The Labute approximate surface area is 125 Å². The minimum absolute atomic E-state index is 0.0289. The van der Waals surface area contributed by atoms with Crippen LogP contribution in [0.2, 0.25) is 0 Å². The van der Waals surface area contributed by atoms with Gasteiger partial charge in [-0.25, -0.2) is 17.2 Å². The summed E-state index contributed by atoms with van der Waals surface area (Å²) in [6.07, 6.45) is 2.73. The monoisotopic (exact) mass is 335 g/mol. The maximum absolute atomic E-state index is 14.2. The predicted octanol–water partition coefficient (Wildman–Crippen LogP) is 2.52. The predicted molar refractivity (Wildman–Crippen MR) is 71.6 cm³/mol. The molecule has 1 aromatic carbocycles. The quantitative estimate of drug-likeness (QED) is 0.780. The lowest BCUT2D eigenvalue weighted by atomic mass is 10.1. The highest BCUT2D eigenvalue weighted by atomic mass is 35.7. The second-order valence-electron chi connectivity index (χ2n) is 5.49. The number of nitrogens with zero attached hydrogens (tertiary/aromatic N) is 1. The van der Waals surface area contributed by atoms with E-state index in [2.05, 4.69) is 0 Å². The van der Waals surface area contributed by atoms with Crippen LogP contribution in [-0.2, 0) is 9.05 Å². The molecule has 1 saturated heterocycles. The van der Waals surface area contributed by atoms with Crippen molar-refractivity contribution in [1.29, 1.82) is 0 Å². The van der Waals surface area contributed by atoms with E-state index in [1.165, 1.54) is 4.90 Å². The Balaban J connectivity index is 2.03. The zero-order valence-corrected chi connectivity index (χ0v) is 12.4. The first-order valence-corrected chi connectivity index (χ1v) is 8.83. The Bertz CT molecular complexity index is 722. The van der Waals surface area contributed by atoms with Gasteiger partial charge < -0.3 is 4.90 Å². The number of carbonyl (C=O) groups excluding carboxylic acids is 1. The standard InChI is InChI=1S/C13H12ClF2NO3S/c14-21(19,20)11-5-8(15)4-10(12(11)16)13(18)17-6-7-1-2-9(17)3-7/h4-5,7,9H,1-3,6H2. The van der Waals surface area contributed by atoms with E-state index in [-0.39, 0.29) is 6.04 Å². The molecule has 2 bridgehead atoms. The summed E-state index contributed by atoms with van der Waals surface area (Å²) in [5.74, 6) is -2.59. The highest BCUT2D eigenvalue weighted by molar-refractivity contribution is 8.13. The number of halogens is 3. The Morgan fingerprint density at radius 1 is 1.29 bits per heavy atom. The molecular formula is C13H12ClF2NO3S. The third kappa shape index (κ3) is 2.53. The number of hydrogen-bond donors (Lipinski definition) is 0. The third-order valence-corrected chi connectivity index (χ3v) is 5.49. The van der Waals surface area contributed by atoms with Gasteiger partial charge in [-0.3, -0.25) is 4.79 Å². The molecule has 2 unspecified atom stereocenters. The molecule has 114 valence electrons. The Morgan fingerprint density at radius 3 is 2.52 bits per heavy atom. The van der Waals surface area contributed by atoms with E-state index in [9.17, 15) is 22.0 Å². The fourth-order valence-electron chi connectivity index (χ4n) is 3.23. The van der Waals surface area contributed by atoms with E-state index >= 15 is 0 Å². The largest absolute Gasteiger partial charge is 0.335 e. The topological polar surface area (TPSA) is 54.5 Å². The van der Waals surface area contributed by atoms with Gasteiger partial charge in [-0.1, -0.05) is 0 Å². The molecule has 0 spiro atoms. The number of fused-ring (bicyclic) bond motifs is 2. The van der Waals surface area contributed by atoms with Crippen molar-refractivity contribution in [1.82, 2.24) is 4.90 Å². The summed E-state index contributed by atoms with van der Waals surface area (Å²) in [4.78, 5) is 12.9. The summed E-state index contributed by atoms with van der Waals surface area (Å²) in [6.45, 7) is 0.502. The van der Waals surface area contributed by atoms with Gasteiger partial charge in [0, 0.05) is 23.3 Å². The molecule has 1 saturated carbocycles. The molecule has 2 atom stereocenters. The first-order chi connectivity index (χ1) is 9.77. The highest BCUT2D eigenvalue weighted by Gasteiger charge is 2.41. The summed E-state index contributed by atoms with van der Waals surface area (Å²) >= 11 is 0. The van der Waals surface area contributed by atoms with Gasteiger partial charge in [-0.05, 0) is 37.3 Å². The van der Waals surface area contributed by atoms with Gasteiger partial charge in [-0.15, -0.1) is 0 Å². The summed E-state index contributed by atoms with van der Waals surface area (Å²) < 4.78 is 50.3. The van der Waals surface area contributed by atoms with Crippen molar-refractivity contribution in [2.24, 2.45) is 5.92 Å². The van der Waals surface area contributed by atoms with Crippen LogP contribution in [0.3, 0.4) is 0 Å². The summed E-state index contributed by atoms with van der Waals surface area (Å²) in [5.41, 5.74) is -0.582. The summed E-state index contributed by atoms with van der Waals surface area (Å²) in [7, 11) is 0.616. The maximum Gasteiger partial charge on any atom is 0.264 e. The van der Waals surface area contributed by atoms with Crippen molar-refractivity contribution in [3.05, 3.63) is 29.3 Å². The first-order valence-electron chi connectivity index (χ1n) is 6.52. The van der Waals surface area contributed by atoms with Gasteiger partial charge in [0.25, 0.3) is 15.0 Å². The number of rotatable bonds is 2. The van der Waals surface area contributed by atoms with E-state index < -0.39 is 37.1 Å². The second-order valence-corrected chi connectivity index (χ2v) is 8.03. The molecule has 4 nitrogen and oxygen atoms in total. The zero-order valence-electron chi connectivity index (χ0n) is 10.9. The number of carbonyl (C=O) groups is 1. The molecule has 3 rings (SSSR count). The maximum atomic E-state index is 14.2. The van der Waals surface area contributed by atoms with Crippen LogP contribution >= 0.6 is 10.7 Å². The molecule has 1 amide bonds. The summed E-state index contributed by atoms with van der Waals surface area (Å²) in [6, 6.07) is 1.22. The van der Waals surface area contributed by atoms with Crippen LogP contribution in [-0.4, -0.2) is 31.8 Å². The molecule has 1 aliphatic heterocycles. The van der Waals surface area contributed by atoms with E-state index in [1.54, 1.807) is 0 Å². The smallest absolute Gasteiger partial charge is 0.264 e. The Morgan fingerprint density at radius 2 is 2.00 bits per heavy atom. The van der Waals surface area contributed by atoms with E-state index in [4.69, 9.17) is 10.7 Å². The molecule has 1 heterocycles. The Kier molecular flexibility index (Phi) is 3.44. The van der Waals surface area contributed by atoms with Crippen LogP contribution in [0.4, 0.5) is 8.78 Å². The molecule has 8 heteroatoms. The van der Waals surface area contributed by atoms with Gasteiger partial charge in [0.15, 0.2) is 5.82 Å². The first kappa shape index (κ1) is 14.7. The lowest BCUT2D eigenvalue weighted by molar-refractivity contribution is 0.0697. The van der Waals surface area contributed by atoms with Crippen molar-refractivity contribution in [3.63, 3.8) is 0 Å². The average molecular weight is 336 g/mol. The van der Waals surface area contributed by atoms with Gasteiger partial charge in [-0.2, -0.15) is 0 Å². The van der Waals surface area contributed by atoms with Crippen LogP contribution < -0.4 is 0 Å². The SMILES string of the molecule is O=C(c1cc(F)cc(S(=O)(=O)Cl)c1F)N1CC2CCC1C2. The van der Waals surface area contributed by atoms with Gasteiger partial charge in [0.2, 0.25) is 0 Å². The average Bonchev–Trinajstić information content (AvgIpc) is 3.01. The number of hydrogen-bond acceptors (Lipinski definition) is 3. The van der Waals surface area contributed by atoms with Crippen LogP contribution in [0.1, 0.15) is 29.6 Å². The molecule has 2 fully saturated rings. The normalized spacial score (nSPS) is 24.6. The van der Waals surface area contributed by atoms with Crippen LogP contribution in [0.25, 0.3) is 0 Å². The zero-order chi connectivity index (χ0) is 15.4. The van der Waals surface area contributed by atoms with Crippen LogP contribution in [0, 0.1) is 17.6 Å². The molecule has 0 radical (unpaired) electrons. The van der Waals surface area contributed by atoms with Gasteiger partial charge >= 0.3 is 0 Å². The van der Waals surface area contributed by atoms with Crippen molar-refractivity contribution in [3.8, 4) is 0 Å². The van der Waals surface area contributed by atoms with Crippen molar-refractivity contribution < 1.29 is 22.0 Å². The fourth-order valence-corrected chi connectivity index (χ4v) is 4.14. The highest BCUT2D eigenvalue weighted by Crippen LogP contribution is 2.38. The number of benzene rings is 1. The van der Waals surface area contributed by atoms with Crippen LogP contribution in [0.15, 0.2) is 17.0 Å². The van der Waals surface area contributed by atoms with E-state index in [0.29, 0.717) is 18.5 Å². The minimum Gasteiger partial charge on any atom is -0.335 e. The van der Waals surface area contributed by atoms with Crippen molar-refractivity contribution >= 4 is 25.6 Å². The number of likely N-dealkylation sites (tertiary alicyclic amines) is 1. The molecule has 1 aromatic rings. The summed E-state index contributed by atoms with van der Waals surface area (Å²) in [5, 5.41) is 0. The number of amides is 1. The van der Waals surface area contributed by atoms with E-state index in [0.717, 1.165) is 25.3 Å². The molecule has 2 aliphatic rings. The van der Waals surface area contributed by atoms with Gasteiger partial charge in [0.05, 0.1) is 5.56 Å². The molecule has 21 heavy (non-hydrogen) atoms. The third-order valence-electron chi connectivity index (χ3n) is 4.17. The van der Waals surface area contributed by atoms with Crippen molar-refractivity contribution in [2.75, 3.05) is 6.54 Å². The number of piperidine rings is 1. The Hall–Kier alpha value is -1.21. The second kappa shape index (κ2) is 4.91. The molecule has 0 aromatic heterocycles. The van der Waals surface area contributed by atoms with Crippen molar-refractivity contribution in [2.45, 2.75) is 30.2 Å².